The maximum absolute atomic E-state index is 10.9. The molecule has 1 aromatic heterocycles. The van der Waals surface area contributed by atoms with E-state index in [-0.39, 0.29) is 12.3 Å². The van der Waals surface area contributed by atoms with Gasteiger partial charge >= 0.3 is 5.97 Å². The highest BCUT2D eigenvalue weighted by molar-refractivity contribution is 5.67. The lowest BCUT2D eigenvalue weighted by Crippen LogP contribution is -2.32. The van der Waals surface area contributed by atoms with Crippen LogP contribution in [0.3, 0.4) is 0 Å². The summed E-state index contributed by atoms with van der Waals surface area (Å²) < 4.78 is 0. The first-order valence-electron chi connectivity index (χ1n) is 5.82. The molecule has 6 nitrogen and oxygen atoms in total. The van der Waals surface area contributed by atoms with Gasteiger partial charge < -0.3 is 10.4 Å². The summed E-state index contributed by atoms with van der Waals surface area (Å²) in [6.07, 6.45) is 4.90. The number of piperidine rings is 1. The summed E-state index contributed by atoms with van der Waals surface area (Å²) in [6, 6.07) is 0. The molecule has 6 heteroatoms. The van der Waals surface area contributed by atoms with Gasteiger partial charge in [0.05, 0.1) is 6.42 Å². The molecule has 0 spiro atoms. The molecule has 0 aromatic carbocycles. The van der Waals surface area contributed by atoms with Crippen LogP contribution in [0, 0.1) is 5.92 Å². The zero-order valence-electron chi connectivity index (χ0n) is 9.54. The van der Waals surface area contributed by atoms with Gasteiger partial charge in [-0.1, -0.05) is 0 Å². The van der Waals surface area contributed by atoms with Gasteiger partial charge in [-0.2, -0.15) is 0 Å². The second kappa shape index (κ2) is 5.67. The third-order valence-corrected chi connectivity index (χ3v) is 3.19. The largest absolute Gasteiger partial charge is 0.481 e. The Morgan fingerprint density at radius 2 is 2.06 bits per heavy atom. The van der Waals surface area contributed by atoms with Gasteiger partial charge in [0.2, 0.25) is 0 Å². The first-order chi connectivity index (χ1) is 8.27. The van der Waals surface area contributed by atoms with Crippen molar-refractivity contribution in [2.45, 2.75) is 25.2 Å². The molecule has 1 atom stereocenters. The molecule has 0 bridgehead atoms. The molecule has 0 aliphatic carbocycles. The lowest BCUT2D eigenvalue weighted by Gasteiger charge is -2.28. The van der Waals surface area contributed by atoms with Crippen molar-refractivity contribution in [3.63, 3.8) is 0 Å². The number of carbonyl (C=O) groups is 1. The predicted molar refractivity (Wildman–Crippen MR) is 60.4 cm³/mol. The van der Waals surface area contributed by atoms with E-state index in [4.69, 9.17) is 5.11 Å². The highest BCUT2D eigenvalue weighted by Gasteiger charge is 2.28. The smallest absolute Gasteiger partial charge is 0.304 e. The number of hydrogen-bond donors (Lipinski definition) is 2. The molecule has 0 radical (unpaired) electrons. The fraction of sp³-hybridized carbons (Fsp3) is 0.636. The van der Waals surface area contributed by atoms with Gasteiger partial charge in [0.25, 0.3) is 0 Å². The standard InChI is InChI=1S/C11H16N4O2/c16-10(17)5-9(8-1-3-12-4-2-8)11-14-6-13-7-15-11/h6-9,12H,1-5H2,(H,16,17). The summed E-state index contributed by atoms with van der Waals surface area (Å²) in [4.78, 5) is 22.9. The number of carboxylic acid groups (broad SMARTS) is 1. The van der Waals surface area contributed by atoms with E-state index >= 15 is 0 Å². The van der Waals surface area contributed by atoms with E-state index in [1.54, 1.807) is 0 Å². The second-order valence-electron chi connectivity index (χ2n) is 4.29. The van der Waals surface area contributed by atoms with Crippen LogP contribution in [0.2, 0.25) is 0 Å². The lowest BCUT2D eigenvalue weighted by molar-refractivity contribution is -0.137. The molecule has 2 heterocycles. The number of hydrogen-bond acceptors (Lipinski definition) is 5. The summed E-state index contributed by atoms with van der Waals surface area (Å²) in [6.45, 7) is 1.87. The zero-order valence-corrected chi connectivity index (χ0v) is 9.54. The summed E-state index contributed by atoms with van der Waals surface area (Å²) in [5, 5.41) is 12.3. The normalized spacial score (nSPS) is 18.8. The molecule has 0 amide bonds. The molecule has 1 aromatic rings. The number of rotatable bonds is 4. The van der Waals surface area contributed by atoms with Gasteiger partial charge in [0.1, 0.15) is 18.5 Å². The highest BCUT2D eigenvalue weighted by atomic mass is 16.4. The van der Waals surface area contributed by atoms with Crippen molar-refractivity contribution in [2.24, 2.45) is 5.92 Å². The van der Waals surface area contributed by atoms with Gasteiger partial charge in [0.15, 0.2) is 0 Å². The van der Waals surface area contributed by atoms with Gasteiger partial charge in [-0.05, 0) is 31.8 Å². The number of aromatic nitrogens is 3. The first-order valence-corrected chi connectivity index (χ1v) is 5.82. The molecular formula is C11H16N4O2. The van der Waals surface area contributed by atoms with Crippen molar-refractivity contribution in [1.82, 2.24) is 20.3 Å². The quantitative estimate of drug-likeness (QED) is 0.788. The molecule has 1 unspecified atom stereocenters. The van der Waals surface area contributed by atoms with Gasteiger partial charge in [0, 0.05) is 5.92 Å². The second-order valence-corrected chi connectivity index (χ2v) is 4.29. The van der Waals surface area contributed by atoms with Crippen LogP contribution in [-0.2, 0) is 4.79 Å². The fourth-order valence-electron chi connectivity index (χ4n) is 2.34. The number of nitrogens with zero attached hydrogens (tertiary/aromatic N) is 3. The third-order valence-electron chi connectivity index (χ3n) is 3.19. The van der Waals surface area contributed by atoms with Crippen LogP contribution < -0.4 is 5.32 Å². The minimum atomic E-state index is -0.797. The van der Waals surface area contributed by atoms with E-state index in [2.05, 4.69) is 20.3 Å². The van der Waals surface area contributed by atoms with Crippen LogP contribution in [0.4, 0.5) is 0 Å². The van der Waals surface area contributed by atoms with Gasteiger partial charge in [-0.3, -0.25) is 4.79 Å². The van der Waals surface area contributed by atoms with E-state index in [9.17, 15) is 4.79 Å². The van der Waals surface area contributed by atoms with Gasteiger partial charge in [-0.15, -0.1) is 0 Å². The minimum absolute atomic E-state index is 0.0919. The Balaban J connectivity index is 2.15. The molecule has 1 aliphatic heterocycles. The summed E-state index contributed by atoms with van der Waals surface area (Å²) in [5.74, 6) is 0.0515. The molecule has 0 saturated carbocycles. The van der Waals surface area contributed by atoms with Crippen LogP contribution in [0.5, 0.6) is 0 Å². The topological polar surface area (TPSA) is 88.0 Å². The van der Waals surface area contributed by atoms with Crippen LogP contribution in [0.25, 0.3) is 0 Å². The lowest BCUT2D eigenvalue weighted by atomic mass is 9.82. The first kappa shape index (κ1) is 11.9. The maximum atomic E-state index is 10.9. The summed E-state index contributed by atoms with van der Waals surface area (Å²) in [7, 11) is 0. The summed E-state index contributed by atoms with van der Waals surface area (Å²) in [5.41, 5.74) is 0. The van der Waals surface area contributed by atoms with E-state index in [1.165, 1.54) is 12.7 Å². The van der Waals surface area contributed by atoms with Crippen molar-refractivity contribution in [3.8, 4) is 0 Å². The van der Waals surface area contributed by atoms with Crippen LogP contribution in [0.15, 0.2) is 12.7 Å². The molecule has 2 rings (SSSR count). The number of aliphatic carboxylic acids is 1. The molecule has 2 N–H and O–H groups in total. The maximum Gasteiger partial charge on any atom is 0.304 e. The third kappa shape index (κ3) is 3.20. The molecule has 1 aliphatic rings. The Bertz CT molecular complexity index is 365. The van der Waals surface area contributed by atoms with E-state index in [0.717, 1.165) is 25.9 Å². The van der Waals surface area contributed by atoms with Crippen molar-refractivity contribution < 1.29 is 9.90 Å². The Hall–Kier alpha value is -1.56. The van der Waals surface area contributed by atoms with Crippen molar-refractivity contribution in [1.29, 1.82) is 0 Å². The average Bonchev–Trinajstić information content (AvgIpc) is 2.38. The van der Waals surface area contributed by atoms with Crippen molar-refractivity contribution >= 4 is 5.97 Å². The van der Waals surface area contributed by atoms with Crippen LogP contribution in [-0.4, -0.2) is 39.1 Å². The van der Waals surface area contributed by atoms with Crippen molar-refractivity contribution in [3.05, 3.63) is 18.5 Å². The highest BCUT2D eigenvalue weighted by Crippen LogP contribution is 2.31. The molecule has 92 valence electrons. The molecule has 1 fully saturated rings. The molecular weight excluding hydrogens is 220 g/mol. The monoisotopic (exact) mass is 236 g/mol. The number of nitrogens with one attached hydrogen (secondary N) is 1. The Morgan fingerprint density at radius 3 is 2.65 bits per heavy atom. The van der Waals surface area contributed by atoms with E-state index in [0.29, 0.717) is 11.7 Å². The van der Waals surface area contributed by atoms with E-state index < -0.39 is 5.97 Å². The number of carboxylic acids is 1. The Kier molecular flexibility index (Phi) is 3.98. The molecule has 17 heavy (non-hydrogen) atoms. The van der Waals surface area contributed by atoms with Crippen LogP contribution >= 0.6 is 0 Å². The SMILES string of the molecule is O=C(O)CC(c1ncncn1)C1CCNCC1. The van der Waals surface area contributed by atoms with Gasteiger partial charge in [-0.25, -0.2) is 15.0 Å². The van der Waals surface area contributed by atoms with Crippen molar-refractivity contribution in [2.75, 3.05) is 13.1 Å². The van der Waals surface area contributed by atoms with E-state index in [1.807, 2.05) is 0 Å². The van der Waals surface area contributed by atoms with Crippen LogP contribution in [0.1, 0.15) is 31.0 Å². The minimum Gasteiger partial charge on any atom is -0.481 e. The zero-order chi connectivity index (χ0) is 12.1. The average molecular weight is 236 g/mol. The Labute approximate surface area is 99.5 Å². The fourth-order valence-corrected chi connectivity index (χ4v) is 2.34. The Morgan fingerprint density at radius 1 is 1.41 bits per heavy atom. The summed E-state index contributed by atoms with van der Waals surface area (Å²) >= 11 is 0. The molecule has 1 saturated heterocycles. The predicted octanol–water partition coefficient (Wildman–Crippen LogP) is 0.430.